The van der Waals surface area contributed by atoms with Crippen LogP contribution in [0.2, 0.25) is 0 Å². The number of unbranched alkanes of at least 4 members (excludes halogenated alkanes) is 1. The average molecular weight is 289 g/mol. The molecule has 1 aromatic rings. The molecule has 0 unspecified atom stereocenters. The molecule has 0 bridgehead atoms. The van der Waals surface area contributed by atoms with Crippen LogP contribution in [0.4, 0.5) is 0 Å². The van der Waals surface area contributed by atoms with Crippen molar-refractivity contribution in [2.75, 3.05) is 6.61 Å². The van der Waals surface area contributed by atoms with Crippen LogP contribution in [-0.4, -0.2) is 18.6 Å². The van der Waals surface area contributed by atoms with Gasteiger partial charge in [-0.05, 0) is 49.4 Å². The lowest BCUT2D eigenvalue weighted by atomic mass is 9.86. The van der Waals surface area contributed by atoms with Crippen molar-refractivity contribution in [3.8, 4) is 5.75 Å². The molecule has 1 aromatic carbocycles. The van der Waals surface area contributed by atoms with E-state index >= 15 is 0 Å². The van der Waals surface area contributed by atoms with Crippen molar-refractivity contribution in [2.45, 2.75) is 58.4 Å². The van der Waals surface area contributed by atoms with E-state index in [-0.39, 0.29) is 5.91 Å². The molecule has 0 spiro atoms. The lowest BCUT2D eigenvalue weighted by Crippen LogP contribution is -2.41. The minimum Gasteiger partial charge on any atom is -0.494 e. The SMILES string of the molecule is CCCCOc1ccc(C(=O)N[C@H]2CCCC[C@@H]2C)cc1. The van der Waals surface area contributed by atoms with Crippen LogP contribution in [0.3, 0.4) is 0 Å². The second kappa shape index (κ2) is 8.06. The van der Waals surface area contributed by atoms with Crippen LogP contribution in [0.15, 0.2) is 24.3 Å². The first-order chi connectivity index (χ1) is 10.2. The molecular weight excluding hydrogens is 262 g/mol. The Hall–Kier alpha value is -1.51. The molecule has 3 nitrogen and oxygen atoms in total. The van der Waals surface area contributed by atoms with Gasteiger partial charge in [-0.25, -0.2) is 0 Å². The fourth-order valence-corrected chi connectivity index (χ4v) is 2.82. The second-order valence-electron chi connectivity index (χ2n) is 6.07. The number of hydrogen-bond donors (Lipinski definition) is 1. The number of amides is 1. The molecule has 1 aliphatic carbocycles. The third kappa shape index (κ3) is 4.76. The zero-order valence-corrected chi connectivity index (χ0v) is 13.2. The van der Waals surface area contributed by atoms with Gasteiger partial charge in [0.1, 0.15) is 5.75 Å². The number of ether oxygens (including phenoxy) is 1. The van der Waals surface area contributed by atoms with Gasteiger partial charge in [0.2, 0.25) is 0 Å². The maximum absolute atomic E-state index is 12.3. The largest absolute Gasteiger partial charge is 0.494 e. The van der Waals surface area contributed by atoms with Crippen LogP contribution in [0.5, 0.6) is 5.75 Å². The molecule has 1 N–H and O–H groups in total. The van der Waals surface area contributed by atoms with Gasteiger partial charge in [-0.3, -0.25) is 4.79 Å². The van der Waals surface area contributed by atoms with Crippen molar-refractivity contribution in [3.63, 3.8) is 0 Å². The van der Waals surface area contributed by atoms with E-state index < -0.39 is 0 Å². The summed E-state index contributed by atoms with van der Waals surface area (Å²) in [5, 5.41) is 3.18. The zero-order valence-electron chi connectivity index (χ0n) is 13.2. The van der Waals surface area contributed by atoms with Gasteiger partial charge < -0.3 is 10.1 Å². The van der Waals surface area contributed by atoms with Gasteiger partial charge in [-0.1, -0.05) is 33.1 Å². The first-order valence-electron chi connectivity index (χ1n) is 8.24. The second-order valence-corrected chi connectivity index (χ2v) is 6.07. The Morgan fingerprint density at radius 2 is 1.95 bits per heavy atom. The van der Waals surface area contributed by atoms with Gasteiger partial charge in [-0.15, -0.1) is 0 Å². The standard InChI is InChI=1S/C18H27NO2/c1-3-4-13-21-16-11-9-15(10-12-16)18(20)19-17-8-6-5-7-14(17)2/h9-12,14,17H,3-8,13H2,1-2H3,(H,19,20)/t14-,17-/m0/s1. The summed E-state index contributed by atoms with van der Waals surface area (Å²) in [5.41, 5.74) is 0.718. The predicted molar refractivity (Wildman–Crippen MR) is 85.7 cm³/mol. The van der Waals surface area contributed by atoms with Crippen molar-refractivity contribution < 1.29 is 9.53 Å². The molecule has 0 aliphatic heterocycles. The van der Waals surface area contributed by atoms with Gasteiger partial charge in [-0.2, -0.15) is 0 Å². The molecule has 116 valence electrons. The quantitative estimate of drug-likeness (QED) is 0.798. The van der Waals surface area contributed by atoms with E-state index in [2.05, 4.69) is 19.2 Å². The van der Waals surface area contributed by atoms with Crippen molar-refractivity contribution in [1.82, 2.24) is 5.32 Å². The Labute approximate surface area is 128 Å². The van der Waals surface area contributed by atoms with Gasteiger partial charge >= 0.3 is 0 Å². The topological polar surface area (TPSA) is 38.3 Å². The molecule has 3 heteroatoms. The number of nitrogens with one attached hydrogen (secondary N) is 1. The highest BCUT2D eigenvalue weighted by molar-refractivity contribution is 5.94. The lowest BCUT2D eigenvalue weighted by molar-refractivity contribution is 0.0910. The third-order valence-electron chi connectivity index (χ3n) is 4.31. The number of benzene rings is 1. The van der Waals surface area contributed by atoms with E-state index in [4.69, 9.17) is 4.74 Å². The van der Waals surface area contributed by atoms with Crippen LogP contribution in [-0.2, 0) is 0 Å². The van der Waals surface area contributed by atoms with Gasteiger partial charge in [0, 0.05) is 11.6 Å². The molecule has 0 heterocycles. The van der Waals surface area contributed by atoms with E-state index in [0.29, 0.717) is 12.0 Å². The van der Waals surface area contributed by atoms with Crippen LogP contribution in [0.25, 0.3) is 0 Å². The van der Waals surface area contributed by atoms with Crippen molar-refractivity contribution in [1.29, 1.82) is 0 Å². The van der Waals surface area contributed by atoms with Gasteiger partial charge in [0.05, 0.1) is 6.61 Å². The minimum absolute atomic E-state index is 0.0360. The summed E-state index contributed by atoms with van der Waals surface area (Å²) in [5.74, 6) is 1.46. The summed E-state index contributed by atoms with van der Waals surface area (Å²) in [6.45, 7) is 5.11. The van der Waals surface area contributed by atoms with Gasteiger partial charge in [0.15, 0.2) is 0 Å². The summed E-state index contributed by atoms with van der Waals surface area (Å²) in [4.78, 5) is 12.3. The highest BCUT2D eigenvalue weighted by atomic mass is 16.5. The molecule has 21 heavy (non-hydrogen) atoms. The van der Waals surface area contributed by atoms with Crippen LogP contribution >= 0.6 is 0 Å². The highest BCUT2D eigenvalue weighted by Gasteiger charge is 2.23. The maximum atomic E-state index is 12.3. The fraction of sp³-hybridized carbons (Fsp3) is 0.611. The summed E-state index contributed by atoms with van der Waals surface area (Å²) in [7, 11) is 0. The summed E-state index contributed by atoms with van der Waals surface area (Å²) < 4.78 is 5.62. The molecule has 1 saturated carbocycles. The maximum Gasteiger partial charge on any atom is 0.251 e. The van der Waals surface area contributed by atoms with Gasteiger partial charge in [0.25, 0.3) is 5.91 Å². The predicted octanol–water partition coefficient (Wildman–Crippen LogP) is 4.17. The van der Waals surface area contributed by atoms with E-state index in [1.165, 1.54) is 19.3 Å². The van der Waals surface area contributed by atoms with Crippen LogP contribution in [0, 0.1) is 5.92 Å². The van der Waals surface area contributed by atoms with Crippen LogP contribution in [0.1, 0.15) is 62.7 Å². The molecule has 2 rings (SSSR count). The highest BCUT2D eigenvalue weighted by Crippen LogP contribution is 2.24. The van der Waals surface area contributed by atoms with E-state index in [1.54, 1.807) is 0 Å². The van der Waals surface area contributed by atoms with Crippen LogP contribution < -0.4 is 10.1 Å². The van der Waals surface area contributed by atoms with E-state index in [0.717, 1.165) is 37.2 Å². The zero-order chi connectivity index (χ0) is 15.1. The Balaban J connectivity index is 1.87. The van der Waals surface area contributed by atoms with E-state index in [1.807, 2.05) is 24.3 Å². The third-order valence-corrected chi connectivity index (χ3v) is 4.31. The number of hydrogen-bond acceptors (Lipinski definition) is 2. The first kappa shape index (κ1) is 15.9. The molecule has 0 aromatic heterocycles. The molecule has 1 aliphatic rings. The lowest BCUT2D eigenvalue weighted by Gasteiger charge is -2.29. The number of carbonyl (C=O) groups is 1. The normalized spacial score (nSPS) is 21.8. The fourth-order valence-electron chi connectivity index (χ4n) is 2.82. The van der Waals surface area contributed by atoms with Crippen molar-refractivity contribution in [2.24, 2.45) is 5.92 Å². The summed E-state index contributed by atoms with van der Waals surface area (Å²) in [6.07, 6.45) is 7.01. The minimum atomic E-state index is 0.0360. The Morgan fingerprint density at radius 1 is 1.24 bits per heavy atom. The molecule has 1 amide bonds. The first-order valence-corrected chi connectivity index (χ1v) is 8.24. The summed E-state index contributed by atoms with van der Waals surface area (Å²) in [6, 6.07) is 7.80. The van der Waals surface area contributed by atoms with Crippen molar-refractivity contribution >= 4 is 5.91 Å². The molecule has 2 atom stereocenters. The average Bonchev–Trinajstić information content (AvgIpc) is 2.50. The Kier molecular flexibility index (Phi) is 6.09. The number of rotatable bonds is 6. The Bertz CT molecular complexity index is 441. The molecule has 0 saturated heterocycles. The smallest absolute Gasteiger partial charge is 0.251 e. The summed E-state index contributed by atoms with van der Waals surface area (Å²) >= 11 is 0. The molecule has 0 radical (unpaired) electrons. The molecule has 1 fully saturated rings. The van der Waals surface area contributed by atoms with E-state index in [9.17, 15) is 4.79 Å². The number of carbonyl (C=O) groups excluding carboxylic acids is 1. The van der Waals surface area contributed by atoms with Crippen molar-refractivity contribution in [3.05, 3.63) is 29.8 Å². The Morgan fingerprint density at radius 3 is 2.62 bits per heavy atom. The monoisotopic (exact) mass is 289 g/mol. The molecular formula is C18H27NO2.